The molecule has 3 nitrogen and oxygen atoms in total. The van der Waals surface area contributed by atoms with Gasteiger partial charge in [0.25, 0.3) is 0 Å². The van der Waals surface area contributed by atoms with Gasteiger partial charge in [-0.3, -0.25) is 9.98 Å². The molecule has 0 fully saturated rings. The zero-order valence-electron chi connectivity index (χ0n) is 12.2. The summed E-state index contributed by atoms with van der Waals surface area (Å²) < 4.78 is 5.97. The van der Waals surface area contributed by atoms with E-state index in [1.807, 2.05) is 36.5 Å². The van der Waals surface area contributed by atoms with Crippen LogP contribution in [-0.2, 0) is 0 Å². The minimum Gasteiger partial charge on any atom is -0.547 e. The van der Waals surface area contributed by atoms with Gasteiger partial charge in [0.1, 0.15) is 5.75 Å². The third-order valence-electron chi connectivity index (χ3n) is 2.86. The molecular weight excluding hydrogens is 264 g/mol. The third-order valence-corrected chi connectivity index (χ3v) is 3.59. The van der Waals surface area contributed by atoms with Crippen molar-refractivity contribution in [2.75, 3.05) is 0 Å². The van der Waals surface area contributed by atoms with Gasteiger partial charge in [-0.2, -0.15) is 0 Å². The number of pyridine rings is 1. The Hall–Kier alpha value is -1.94. The molecule has 1 aromatic heterocycles. The first-order valence-electron chi connectivity index (χ1n) is 6.85. The summed E-state index contributed by atoms with van der Waals surface area (Å²) in [6.07, 6.45) is 5.43. The van der Waals surface area contributed by atoms with Gasteiger partial charge in [0, 0.05) is 29.7 Å². The standard InChI is InChI=1S/C16H20N2OSi/c1-13(18-12-14-7-6-10-17-11-14)15-8-4-5-9-16(15)19-20(2)3/h4-13,20H,1-3H3. The molecule has 0 aliphatic rings. The molecule has 0 amide bonds. The second-order valence-electron chi connectivity index (χ2n) is 4.94. The summed E-state index contributed by atoms with van der Waals surface area (Å²) >= 11 is 0. The first-order valence-corrected chi connectivity index (χ1v) is 9.63. The fourth-order valence-electron chi connectivity index (χ4n) is 1.92. The highest BCUT2D eigenvalue weighted by Gasteiger charge is 2.10. The minimum atomic E-state index is -1.11. The van der Waals surface area contributed by atoms with Gasteiger partial charge in [-0.1, -0.05) is 24.3 Å². The lowest BCUT2D eigenvalue weighted by Crippen LogP contribution is -2.13. The van der Waals surface area contributed by atoms with Crippen molar-refractivity contribution in [3.05, 3.63) is 59.9 Å². The number of nitrogens with zero attached hydrogens (tertiary/aromatic N) is 2. The highest BCUT2D eigenvalue weighted by atomic mass is 28.3. The van der Waals surface area contributed by atoms with Gasteiger partial charge in [-0.25, -0.2) is 0 Å². The Bertz CT molecular complexity index is 570. The van der Waals surface area contributed by atoms with Crippen LogP contribution in [0.15, 0.2) is 53.8 Å². The summed E-state index contributed by atoms with van der Waals surface area (Å²) in [4.78, 5) is 8.68. The number of aliphatic imine (C=N–C) groups is 1. The van der Waals surface area contributed by atoms with E-state index in [9.17, 15) is 0 Å². The topological polar surface area (TPSA) is 34.5 Å². The summed E-state index contributed by atoms with van der Waals surface area (Å²) in [5, 5.41) is 0. The fourth-order valence-corrected chi connectivity index (χ4v) is 2.64. The van der Waals surface area contributed by atoms with Gasteiger partial charge in [0.15, 0.2) is 0 Å². The van der Waals surface area contributed by atoms with Gasteiger partial charge < -0.3 is 4.43 Å². The van der Waals surface area contributed by atoms with Crippen molar-refractivity contribution >= 4 is 15.3 Å². The predicted octanol–water partition coefficient (Wildman–Crippen LogP) is 3.62. The van der Waals surface area contributed by atoms with Crippen LogP contribution in [-0.4, -0.2) is 20.2 Å². The molecule has 20 heavy (non-hydrogen) atoms. The number of para-hydroxylation sites is 1. The predicted molar refractivity (Wildman–Crippen MR) is 86.2 cm³/mol. The molecule has 104 valence electrons. The molecule has 1 atom stereocenters. The van der Waals surface area contributed by atoms with Crippen molar-refractivity contribution in [1.29, 1.82) is 0 Å². The second kappa shape index (κ2) is 7.00. The molecular formula is C16H20N2OSi. The SMILES string of the molecule is CC(N=Cc1cccnc1)c1ccccc1O[SiH](C)C. The Morgan fingerprint density at radius 1 is 1.20 bits per heavy atom. The van der Waals surface area contributed by atoms with E-state index in [0.29, 0.717) is 0 Å². The molecule has 0 saturated carbocycles. The van der Waals surface area contributed by atoms with Crippen LogP contribution in [0.5, 0.6) is 5.75 Å². The summed E-state index contributed by atoms with van der Waals surface area (Å²) in [5.41, 5.74) is 2.14. The van der Waals surface area contributed by atoms with E-state index in [-0.39, 0.29) is 6.04 Å². The lowest BCUT2D eigenvalue weighted by Gasteiger charge is -2.16. The molecule has 4 heteroatoms. The maximum Gasteiger partial charge on any atom is 0.229 e. The minimum absolute atomic E-state index is 0.0687. The van der Waals surface area contributed by atoms with Crippen LogP contribution in [0.4, 0.5) is 0 Å². The monoisotopic (exact) mass is 284 g/mol. The molecule has 1 unspecified atom stereocenters. The molecule has 0 aliphatic heterocycles. The van der Waals surface area contributed by atoms with Crippen LogP contribution in [0.2, 0.25) is 13.1 Å². The average molecular weight is 284 g/mol. The van der Waals surface area contributed by atoms with Gasteiger partial charge in [0.05, 0.1) is 6.04 Å². The summed E-state index contributed by atoms with van der Waals surface area (Å²) in [7, 11) is -1.11. The van der Waals surface area contributed by atoms with E-state index in [0.717, 1.165) is 16.9 Å². The van der Waals surface area contributed by atoms with E-state index >= 15 is 0 Å². The Balaban J connectivity index is 2.17. The van der Waals surface area contributed by atoms with Gasteiger partial charge in [-0.15, -0.1) is 0 Å². The van der Waals surface area contributed by atoms with E-state index in [2.05, 4.69) is 36.1 Å². The number of benzene rings is 1. The quantitative estimate of drug-likeness (QED) is 0.621. The molecule has 0 bridgehead atoms. The molecule has 1 heterocycles. The van der Waals surface area contributed by atoms with Crippen LogP contribution in [0.3, 0.4) is 0 Å². The molecule has 0 spiro atoms. The van der Waals surface area contributed by atoms with Gasteiger partial charge in [0.2, 0.25) is 9.04 Å². The maximum absolute atomic E-state index is 5.97. The van der Waals surface area contributed by atoms with E-state index in [1.165, 1.54) is 0 Å². The van der Waals surface area contributed by atoms with Crippen molar-refractivity contribution in [3.8, 4) is 5.75 Å². The first-order chi connectivity index (χ1) is 9.66. The number of hydrogen-bond acceptors (Lipinski definition) is 3. The smallest absolute Gasteiger partial charge is 0.229 e. The Kier molecular flexibility index (Phi) is 5.07. The molecule has 2 aromatic rings. The Morgan fingerprint density at radius 2 is 2.00 bits per heavy atom. The van der Waals surface area contributed by atoms with Crippen LogP contribution < -0.4 is 4.43 Å². The second-order valence-corrected chi connectivity index (χ2v) is 7.28. The highest BCUT2D eigenvalue weighted by molar-refractivity contribution is 6.49. The number of aromatic nitrogens is 1. The zero-order valence-corrected chi connectivity index (χ0v) is 13.3. The van der Waals surface area contributed by atoms with E-state index in [4.69, 9.17) is 4.43 Å². The number of rotatable bonds is 5. The van der Waals surface area contributed by atoms with Crippen molar-refractivity contribution < 1.29 is 4.43 Å². The fraction of sp³-hybridized carbons (Fsp3) is 0.250. The largest absolute Gasteiger partial charge is 0.547 e. The number of hydrogen-bond donors (Lipinski definition) is 0. The van der Waals surface area contributed by atoms with Crippen LogP contribution in [0, 0.1) is 0 Å². The van der Waals surface area contributed by atoms with Crippen LogP contribution in [0.1, 0.15) is 24.1 Å². The lowest BCUT2D eigenvalue weighted by atomic mass is 10.1. The van der Waals surface area contributed by atoms with Gasteiger partial charge >= 0.3 is 0 Å². The maximum atomic E-state index is 5.97. The Morgan fingerprint density at radius 3 is 2.70 bits per heavy atom. The van der Waals surface area contributed by atoms with E-state index in [1.54, 1.807) is 12.4 Å². The van der Waals surface area contributed by atoms with E-state index < -0.39 is 9.04 Å². The third kappa shape index (κ3) is 4.03. The average Bonchev–Trinajstić information content (AvgIpc) is 2.46. The first kappa shape index (κ1) is 14.5. The van der Waals surface area contributed by atoms with Crippen molar-refractivity contribution in [2.45, 2.75) is 26.1 Å². The summed E-state index contributed by atoms with van der Waals surface area (Å²) in [6, 6.07) is 12.1. The van der Waals surface area contributed by atoms with Crippen molar-refractivity contribution in [2.24, 2.45) is 4.99 Å². The summed E-state index contributed by atoms with van der Waals surface area (Å²) in [5.74, 6) is 0.963. The molecule has 1 aromatic carbocycles. The molecule has 0 N–H and O–H groups in total. The Labute approximate surface area is 122 Å². The van der Waals surface area contributed by atoms with Crippen LogP contribution >= 0.6 is 0 Å². The lowest BCUT2D eigenvalue weighted by molar-refractivity contribution is 0.564. The summed E-state index contributed by atoms with van der Waals surface area (Å²) in [6.45, 7) is 6.41. The normalized spacial score (nSPS) is 12.8. The molecule has 0 aliphatic carbocycles. The molecule has 2 rings (SSSR count). The van der Waals surface area contributed by atoms with Gasteiger partial charge in [-0.05, 0) is 32.2 Å². The zero-order chi connectivity index (χ0) is 14.4. The highest BCUT2D eigenvalue weighted by Crippen LogP contribution is 2.27. The van der Waals surface area contributed by atoms with Crippen molar-refractivity contribution in [3.63, 3.8) is 0 Å². The van der Waals surface area contributed by atoms with Crippen molar-refractivity contribution in [1.82, 2.24) is 4.98 Å². The molecule has 0 radical (unpaired) electrons. The van der Waals surface area contributed by atoms with Crippen LogP contribution in [0.25, 0.3) is 0 Å². The molecule has 0 saturated heterocycles.